The fourth-order valence-corrected chi connectivity index (χ4v) is 1.90. The molecule has 1 aromatic carbocycles. The first-order chi connectivity index (χ1) is 9.52. The van der Waals surface area contributed by atoms with E-state index in [1.807, 2.05) is 19.9 Å². The number of hydrogen-bond donors (Lipinski definition) is 3. The maximum Gasteiger partial charge on any atom is 0.319 e. The summed E-state index contributed by atoms with van der Waals surface area (Å²) < 4.78 is 13.0. The van der Waals surface area contributed by atoms with Crippen molar-refractivity contribution in [1.29, 1.82) is 0 Å². The van der Waals surface area contributed by atoms with Gasteiger partial charge in [-0.25, -0.2) is 9.18 Å². The van der Waals surface area contributed by atoms with Gasteiger partial charge in [0.05, 0.1) is 5.69 Å². The molecule has 2 amide bonds. The summed E-state index contributed by atoms with van der Waals surface area (Å²) in [6.07, 6.45) is 0.626. The molecule has 0 fully saturated rings. The van der Waals surface area contributed by atoms with E-state index in [9.17, 15) is 9.18 Å². The Bertz CT molecular complexity index is 596. The first-order valence-corrected chi connectivity index (χ1v) is 6.37. The number of aryl methyl sites for hydroxylation is 1. The summed E-state index contributed by atoms with van der Waals surface area (Å²) in [7, 11) is 0. The molecular weight excluding hydrogens is 259 g/mol. The molecule has 6 heteroatoms. The standard InChI is InChI=1S/C14H17FN4O/c1-9(6-13-7-10(2)18-19-13)16-14(20)17-12-5-3-4-11(15)8-12/h3-5,7-9H,6H2,1-2H3,(H,18,19)(H2,16,17,20)/t9-/m1/s1. The number of benzene rings is 1. The Balaban J connectivity index is 1.84. The molecule has 2 aromatic rings. The Hall–Kier alpha value is -2.37. The lowest BCUT2D eigenvalue weighted by atomic mass is 10.2. The first kappa shape index (κ1) is 14.0. The van der Waals surface area contributed by atoms with Gasteiger partial charge in [-0.2, -0.15) is 5.10 Å². The SMILES string of the molecule is Cc1cc(C[C@@H](C)NC(=O)Nc2cccc(F)c2)n[nH]1. The van der Waals surface area contributed by atoms with Gasteiger partial charge in [0.1, 0.15) is 5.82 Å². The molecule has 0 aliphatic heterocycles. The Kier molecular flexibility index (Phi) is 4.34. The molecule has 1 atom stereocenters. The van der Waals surface area contributed by atoms with E-state index < -0.39 is 0 Å². The molecule has 0 saturated heterocycles. The van der Waals surface area contributed by atoms with Crippen molar-refractivity contribution < 1.29 is 9.18 Å². The smallest absolute Gasteiger partial charge is 0.319 e. The third-order valence-electron chi connectivity index (χ3n) is 2.73. The number of nitrogens with zero attached hydrogens (tertiary/aromatic N) is 1. The Labute approximate surface area is 116 Å². The molecule has 3 N–H and O–H groups in total. The highest BCUT2D eigenvalue weighted by atomic mass is 19.1. The Morgan fingerprint density at radius 1 is 1.45 bits per heavy atom. The number of hydrogen-bond acceptors (Lipinski definition) is 2. The fraction of sp³-hybridized carbons (Fsp3) is 0.286. The first-order valence-electron chi connectivity index (χ1n) is 6.37. The molecule has 2 rings (SSSR count). The Morgan fingerprint density at radius 3 is 2.90 bits per heavy atom. The third-order valence-corrected chi connectivity index (χ3v) is 2.73. The van der Waals surface area contributed by atoms with Crippen molar-refractivity contribution in [2.45, 2.75) is 26.3 Å². The second-order valence-corrected chi connectivity index (χ2v) is 4.76. The number of aromatic nitrogens is 2. The van der Waals surface area contributed by atoms with Gasteiger partial charge >= 0.3 is 6.03 Å². The highest BCUT2D eigenvalue weighted by Gasteiger charge is 2.10. The van der Waals surface area contributed by atoms with E-state index in [4.69, 9.17) is 0 Å². The minimum atomic E-state index is -0.386. The van der Waals surface area contributed by atoms with E-state index in [2.05, 4.69) is 20.8 Å². The predicted octanol–water partition coefficient (Wildman–Crippen LogP) is 2.61. The molecular formula is C14H17FN4O. The van der Waals surface area contributed by atoms with Crippen molar-refractivity contribution in [3.05, 3.63) is 47.5 Å². The predicted molar refractivity (Wildman–Crippen MR) is 75.0 cm³/mol. The van der Waals surface area contributed by atoms with Crippen LogP contribution in [0.3, 0.4) is 0 Å². The number of amides is 2. The number of urea groups is 1. The van der Waals surface area contributed by atoms with E-state index >= 15 is 0 Å². The van der Waals surface area contributed by atoms with Gasteiger partial charge in [-0.1, -0.05) is 6.07 Å². The van der Waals surface area contributed by atoms with Crippen molar-refractivity contribution in [2.24, 2.45) is 0 Å². The lowest BCUT2D eigenvalue weighted by Gasteiger charge is -2.13. The minimum Gasteiger partial charge on any atom is -0.335 e. The quantitative estimate of drug-likeness (QED) is 0.803. The fourth-order valence-electron chi connectivity index (χ4n) is 1.90. The maximum absolute atomic E-state index is 13.0. The second kappa shape index (κ2) is 6.18. The monoisotopic (exact) mass is 276 g/mol. The molecule has 0 radical (unpaired) electrons. The highest BCUT2D eigenvalue weighted by Crippen LogP contribution is 2.09. The summed E-state index contributed by atoms with van der Waals surface area (Å²) in [6, 6.07) is 7.25. The summed E-state index contributed by atoms with van der Waals surface area (Å²) >= 11 is 0. The van der Waals surface area contributed by atoms with Crippen molar-refractivity contribution >= 4 is 11.7 Å². The number of aromatic amines is 1. The van der Waals surface area contributed by atoms with E-state index in [0.717, 1.165) is 11.4 Å². The van der Waals surface area contributed by atoms with Crippen LogP contribution in [0.15, 0.2) is 30.3 Å². The second-order valence-electron chi connectivity index (χ2n) is 4.76. The van der Waals surface area contributed by atoms with Crippen LogP contribution in [0.5, 0.6) is 0 Å². The average Bonchev–Trinajstić information content (AvgIpc) is 2.74. The van der Waals surface area contributed by atoms with Crippen LogP contribution in [0.25, 0.3) is 0 Å². The third kappa shape index (κ3) is 4.08. The molecule has 0 spiro atoms. The molecule has 0 aliphatic carbocycles. The number of halogens is 1. The van der Waals surface area contributed by atoms with Gasteiger partial charge in [-0.3, -0.25) is 5.10 Å². The molecule has 106 valence electrons. The average molecular weight is 276 g/mol. The summed E-state index contributed by atoms with van der Waals surface area (Å²) in [5.41, 5.74) is 2.29. The van der Waals surface area contributed by atoms with Crippen LogP contribution in [0.4, 0.5) is 14.9 Å². The topological polar surface area (TPSA) is 69.8 Å². The molecule has 0 bridgehead atoms. The highest BCUT2D eigenvalue weighted by molar-refractivity contribution is 5.89. The molecule has 0 aliphatic rings. The van der Waals surface area contributed by atoms with E-state index in [1.165, 1.54) is 12.1 Å². The molecule has 0 unspecified atom stereocenters. The van der Waals surface area contributed by atoms with Crippen LogP contribution in [0.1, 0.15) is 18.3 Å². The van der Waals surface area contributed by atoms with Crippen molar-refractivity contribution in [2.75, 3.05) is 5.32 Å². The van der Waals surface area contributed by atoms with Crippen LogP contribution in [0.2, 0.25) is 0 Å². The van der Waals surface area contributed by atoms with Gasteiger partial charge in [-0.15, -0.1) is 0 Å². The van der Waals surface area contributed by atoms with Crippen LogP contribution < -0.4 is 10.6 Å². The summed E-state index contributed by atoms with van der Waals surface area (Å²) in [5, 5.41) is 12.3. The molecule has 1 heterocycles. The zero-order valence-electron chi connectivity index (χ0n) is 11.4. The van der Waals surface area contributed by atoms with Gasteiger partial charge in [0.2, 0.25) is 0 Å². The number of nitrogens with one attached hydrogen (secondary N) is 3. The van der Waals surface area contributed by atoms with Crippen molar-refractivity contribution in [1.82, 2.24) is 15.5 Å². The number of carbonyl (C=O) groups is 1. The summed E-state index contributed by atoms with van der Waals surface area (Å²) in [5.74, 6) is -0.386. The zero-order chi connectivity index (χ0) is 14.5. The molecule has 5 nitrogen and oxygen atoms in total. The number of anilines is 1. The molecule has 1 aromatic heterocycles. The maximum atomic E-state index is 13.0. The van der Waals surface area contributed by atoms with Gasteiger partial charge in [0.15, 0.2) is 0 Å². The van der Waals surface area contributed by atoms with Gasteiger partial charge in [0.25, 0.3) is 0 Å². The Morgan fingerprint density at radius 2 is 2.25 bits per heavy atom. The van der Waals surface area contributed by atoms with Gasteiger partial charge in [-0.05, 0) is 38.1 Å². The lowest BCUT2D eigenvalue weighted by molar-refractivity contribution is 0.249. The zero-order valence-corrected chi connectivity index (χ0v) is 11.4. The van der Waals surface area contributed by atoms with Gasteiger partial charge < -0.3 is 10.6 Å². The number of carbonyl (C=O) groups excluding carboxylic acids is 1. The van der Waals surface area contributed by atoms with E-state index in [1.54, 1.807) is 12.1 Å². The normalized spacial score (nSPS) is 11.9. The largest absolute Gasteiger partial charge is 0.335 e. The summed E-state index contributed by atoms with van der Waals surface area (Å²) in [4.78, 5) is 11.8. The van der Waals surface area contributed by atoms with E-state index in [0.29, 0.717) is 12.1 Å². The summed E-state index contributed by atoms with van der Waals surface area (Å²) in [6.45, 7) is 3.81. The molecule has 0 saturated carbocycles. The van der Waals surface area contributed by atoms with Crippen LogP contribution >= 0.6 is 0 Å². The lowest BCUT2D eigenvalue weighted by Crippen LogP contribution is -2.37. The number of H-pyrrole nitrogens is 1. The van der Waals surface area contributed by atoms with Gasteiger partial charge in [0, 0.05) is 23.8 Å². The van der Waals surface area contributed by atoms with E-state index in [-0.39, 0.29) is 17.9 Å². The minimum absolute atomic E-state index is 0.0775. The van der Waals surface area contributed by atoms with Crippen LogP contribution in [0, 0.1) is 12.7 Å². The van der Waals surface area contributed by atoms with Crippen LogP contribution in [-0.2, 0) is 6.42 Å². The van der Waals surface area contributed by atoms with Crippen LogP contribution in [-0.4, -0.2) is 22.3 Å². The van der Waals surface area contributed by atoms with Crippen molar-refractivity contribution in [3.8, 4) is 0 Å². The van der Waals surface area contributed by atoms with Crippen molar-refractivity contribution in [3.63, 3.8) is 0 Å². The molecule has 20 heavy (non-hydrogen) atoms. The number of rotatable bonds is 4.